The van der Waals surface area contributed by atoms with Gasteiger partial charge in [0.2, 0.25) is 17.6 Å². The molecule has 1 aromatic heterocycles. The second kappa shape index (κ2) is 9.17. The number of aryl methyl sites for hydroxylation is 3. The molecule has 28 heavy (non-hydrogen) atoms. The van der Waals surface area contributed by atoms with Crippen molar-refractivity contribution in [2.75, 3.05) is 12.4 Å². The number of aromatic nitrogens is 2. The molecular weight excluding hydrogens is 354 g/mol. The lowest BCUT2D eigenvalue weighted by atomic mass is 10.1. The summed E-state index contributed by atoms with van der Waals surface area (Å²) in [5, 5.41) is 7.05. The Balaban J connectivity index is 1.53. The smallest absolute Gasteiger partial charge is 0.226 e. The van der Waals surface area contributed by atoms with Crippen LogP contribution in [0.15, 0.2) is 47.0 Å². The molecule has 0 spiro atoms. The quantitative estimate of drug-likeness (QED) is 0.620. The summed E-state index contributed by atoms with van der Waals surface area (Å²) in [5.74, 6) is 1.84. The van der Waals surface area contributed by atoms with Gasteiger partial charge >= 0.3 is 0 Å². The molecule has 0 atom stereocenters. The molecule has 1 heterocycles. The number of nitrogens with zero attached hydrogens (tertiary/aromatic N) is 2. The third-order valence-corrected chi connectivity index (χ3v) is 4.62. The van der Waals surface area contributed by atoms with Gasteiger partial charge in [0.05, 0.1) is 7.11 Å². The van der Waals surface area contributed by atoms with Crippen molar-refractivity contribution < 1.29 is 14.1 Å². The molecule has 6 heteroatoms. The zero-order valence-electron chi connectivity index (χ0n) is 16.5. The predicted octanol–water partition coefficient (Wildman–Crippen LogP) is 4.58. The number of methoxy groups -OCH3 is 1. The highest BCUT2D eigenvalue weighted by Crippen LogP contribution is 2.22. The number of carbonyl (C=O) groups is 1. The monoisotopic (exact) mass is 379 g/mol. The summed E-state index contributed by atoms with van der Waals surface area (Å²) in [6, 6.07) is 13.5. The van der Waals surface area contributed by atoms with E-state index >= 15 is 0 Å². The Bertz CT molecular complexity index is 932. The number of hydrogen-bond acceptors (Lipinski definition) is 5. The predicted molar refractivity (Wildman–Crippen MR) is 108 cm³/mol. The highest BCUT2D eigenvalue weighted by Gasteiger charge is 2.11. The SMILES string of the molecule is CCc1cccc(C)c1NC(=O)CCCc1nc(-c2ccc(OC)cc2)no1. The Morgan fingerprint density at radius 2 is 1.96 bits per heavy atom. The lowest BCUT2D eigenvalue weighted by Crippen LogP contribution is -2.14. The molecule has 0 aliphatic carbocycles. The zero-order valence-corrected chi connectivity index (χ0v) is 16.5. The maximum Gasteiger partial charge on any atom is 0.226 e. The molecule has 1 N–H and O–H groups in total. The Morgan fingerprint density at radius 1 is 1.18 bits per heavy atom. The Labute approximate surface area is 164 Å². The number of rotatable bonds is 8. The van der Waals surface area contributed by atoms with Crippen molar-refractivity contribution in [1.29, 1.82) is 0 Å². The van der Waals surface area contributed by atoms with Gasteiger partial charge in [-0.05, 0) is 55.2 Å². The van der Waals surface area contributed by atoms with Crippen LogP contribution < -0.4 is 10.1 Å². The standard InChI is InChI=1S/C22H25N3O3/c1-4-16-8-5-7-15(2)21(16)23-19(26)9-6-10-20-24-22(25-28-20)17-11-13-18(27-3)14-12-17/h5,7-8,11-14H,4,6,9-10H2,1-3H3,(H,23,26). The molecule has 0 fully saturated rings. The summed E-state index contributed by atoms with van der Waals surface area (Å²) in [5.41, 5.74) is 4.01. The molecule has 0 saturated heterocycles. The van der Waals surface area contributed by atoms with Crippen LogP contribution in [0.25, 0.3) is 11.4 Å². The Kier molecular flexibility index (Phi) is 6.42. The first-order valence-electron chi connectivity index (χ1n) is 9.46. The number of para-hydroxylation sites is 1. The largest absolute Gasteiger partial charge is 0.497 e. The fraction of sp³-hybridized carbons (Fsp3) is 0.318. The lowest BCUT2D eigenvalue weighted by Gasteiger charge is -2.12. The second-order valence-corrected chi connectivity index (χ2v) is 6.60. The van der Waals surface area contributed by atoms with Gasteiger partial charge in [-0.1, -0.05) is 30.3 Å². The van der Waals surface area contributed by atoms with E-state index < -0.39 is 0 Å². The second-order valence-electron chi connectivity index (χ2n) is 6.60. The van der Waals surface area contributed by atoms with Gasteiger partial charge in [-0.3, -0.25) is 4.79 Å². The van der Waals surface area contributed by atoms with E-state index in [0.717, 1.165) is 34.5 Å². The minimum Gasteiger partial charge on any atom is -0.497 e. The highest BCUT2D eigenvalue weighted by atomic mass is 16.5. The molecule has 0 aliphatic rings. The Morgan fingerprint density at radius 3 is 2.68 bits per heavy atom. The van der Waals surface area contributed by atoms with Crippen LogP contribution in [0, 0.1) is 6.92 Å². The van der Waals surface area contributed by atoms with Crippen molar-refractivity contribution in [2.24, 2.45) is 0 Å². The van der Waals surface area contributed by atoms with Crippen LogP contribution in [-0.2, 0) is 17.6 Å². The molecule has 6 nitrogen and oxygen atoms in total. The number of carbonyl (C=O) groups excluding carboxylic acids is 1. The Hall–Kier alpha value is -3.15. The molecule has 0 saturated carbocycles. The number of nitrogens with one attached hydrogen (secondary N) is 1. The van der Waals surface area contributed by atoms with Crippen LogP contribution in [0.1, 0.15) is 36.8 Å². The minimum absolute atomic E-state index is 0.00102. The van der Waals surface area contributed by atoms with Gasteiger partial charge in [0.1, 0.15) is 5.75 Å². The molecule has 0 bridgehead atoms. The van der Waals surface area contributed by atoms with E-state index in [1.54, 1.807) is 7.11 Å². The van der Waals surface area contributed by atoms with Crippen LogP contribution in [0.3, 0.4) is 0 Å². The van der Waals surface area contributed by atoms with E-state index in [9.17, 15) is 4.79 Å². The number of hydrogen-bond donors (Lipinski definition) is 1. The maximum atomic E-state index is 12.3. The molecule has 3 aromatic rings. The molecule has 2 aromatic carbocycles. The minimum atomic E-state index is -0.00102. The first-order chi connectivity index (χ1) is 13.6. The molecule has 0 radical (unpaired) electrons. The van der Waals surface area contributed by atoms with Crippen LogP contribution in [0.2, 0.25) is 0 Å². The maximum absolute atomic E-state index is 12.3. The molecular formula is C22H25N3O3. The van der Waals surface area contributed by atoms with E-state index in [0.29, 0.717) is 31.0 Å². The van der Waals surface area contributed by atoms with Gasteiger partial charge in [-0.25, -0.2) is 0 Å². The van der Waals surface area contributed by atoms with E-state index in [-0.39, 0.29) is 5.91 Å². The number of anilines is 1. The van der Waals surface area contributed by atoms with Crippen molar-refractivity contribution in [2.45, 2.75) is 39.5 Å². The summed E-state index contributed by atoms with van der Waals surface area (Å²) in [6.45, 7) is 4.09. The average molecular weight is 379 g/mol. The fourth-order valence-electron chi connectivity index (χ4n) is 3.02. The van der Waals surface area contributed by atoms with Crippen molar-refractivity contribution >= 4 is 11.6 Å². The summed E-state index contributed by atoms with van der Waals surface area (Å²) in [4.78, 5) is 16.7. The van der Waals surface area contributed by atoms with Crippen molar-refractivity contribution in [3.05, 3.63) is 59.5 Å². The molecule has 3 rings (SSSR count). The van der Waals surface area contributed by atoms with Gasteiger partial charge in [0.25, 0.3) is 0 Å². The fourth-order valence-corrected chi connectivity index (χ4v) is 3.02. The van der Waals surface area contributed by atoms with Crippen LogP contribution in [-0.4, -0.2) is 23.2 Å². The van der Waals surface area contributed by atoms with Gasteiger partial charge in [0, 0.05) is 24.1 Å². The number of amides is 1. The first kappa shape index (κ1) is 19.6. The molecule has 146 valence electrons. The molecule has 0 aliphatic heterocycles. The van der Waals surface area contributed by atoms with Crippen molar-refractivity contribution in [3.63, 3.8) is 0 Å². The van der Waals surface area contributed by atoms with Crippen molar-refractivity contribution in [1.82, 2.24) is 10.1 Å². The normalized spacial score (nSPS) is 10.7. The number of benzene rings is 2. The number of ether oxygens (including phenoxy) is 1. The summed E-state index contributed by atoms with van der Waals surface area (Å²) < 4.78 is 10.5. The van der Waals surface area contributed by atoms with Crippen LogP contribution >= 0.6 is 0 Å². The molecule has 0 unspecified atom stereocenters. The average Bonchev–Trinajstić information content (AvgIpc) is 3.18. The third kappa shape index (κ3) is 4.76. The van der Waals surface area contributed by atoms with E-state index in [2.05, 4.69) is 22.4 Å². The van der Waals surface area contributed by atoms with Crippen molar-refractivity contribution in [3.8, 4) is 17.1 Å². The summed E-state index contributed by atoms with van der Waals surface area (Å²) in [6.07, 6.45) is 2.49. The lowest BCUT2D eigenvalue weighted by molar-refractivity contribution is -0.116. The van der Waals surface area contributed by atoms with Gasteiger partial charge in [-0.2, -0.15) is 4.98 Å². The molecule has 1 amide bonds. The third-order valence-electron chi connectivity index (χ3n) is 4.62. The van der Waals surface area contributed by atoms with Gasteiger partial charge in [-0.15, -0.1) is 0 Å². The highest BCUT2D eigenvalue weighted by molar-refractivity contribution is 5.92. The zero-order chi connectivity index (χ0) is 19.9. The summed E-state index contributed by atoms with van der Waals surface area (Å²) >= 11 is 0. The van der Waals surface area contributed by atoms with E-state index in [4.69, 9.17) is 9.26 Å². The van der Waals surface area contributed by atoms with Crippen LogP contribution in [0.5, 0.6) is 5.75 Å². The topological polar surface area (TPSA) is 77.2 Å². The van der Waals surface area contributed by atoms with E-state index in [1.807, 2.05) is 49.4 Å². The van der Waals surface area contributed by atoms with E-state index in [1.165, 1.54) is 0 Å². The van der Waals surface area contributed by atoms with Gasteiger partial charge in [0.15, 0.2) is 0 Å². The summed E-state index contributed by atoms with van der Waals surface area (Å²) in [7, 11) is 1.62. The van der Waals surface area contributed by atoms with Crippen LogP contribution in [0.4, 0.5) is 5.69 Å². The van der Waals surface area contributed by atoms with Gasteiger partial charge < -0.3 is 14.6 Å². The first-order valence-corrected chi connectivity index (χ1v) is 9.46.